The van der Waals surface area contributed by atoms with Crippen LogP contribution in [0.2, 0.25) is 0 Å². The van der Waals surface area contributed by atoms with E-state index in [1.54, 1.807) is 30.3 Å². The van der Waals surface area contributed by atoms with Crippen molar-refractivity contribution in [3.05, 3.63) is 35.9 Å². The van der Waals surface area contributed by atoms with Crippen LogP contribution in [0.4, 0.5) is 0 Å². The molecule has 0 aliphatic rings. The van der Waals surface area contributed by atoms with Gasteiger partial charge in [0, 0.05) is 5.75 Å². The molecule has 9 N–H and O–H groups in total. The van der Waals surface area contributed by atoms with Crippen LogP contribution in [0.25, 0.3) is 0 Å². The lowest BCUT2D eigenvalue weighted by atomic mass is 10.0. The molecule has 0 radical (unpaired) electrons. The van der Waals surface area contributed by atoms with Crippen molar-refractivity contribution in [3.8, 4) is 0 Å². The summed E-state index contributed by atoms with van der Waals surface area (Å²) in [6.45, 7) is 1.23. The van der Waals surface area contributed by atoms with Gasteiger partial charge in [-0.1, -0.05) is 30.3 Å². The zero-order valence-electron chi connectivity index (χ0n) is 17.9. The fourth-order valence-electron chi connectivity index (χ4n) is 2.76. The van der Waals surface area contributed by atoms with Crippen molar-refractivity contribution in [1.82, 2.24) is 16.0 Å². The second-order valence-electron chi connectivity index (χ2n) is 7.34. The number of amides is 4. The van der Waals surface area contributed by atoms with Crippen LogP contribution in [0.15, 0.2) is 30.3 Å². The molecule has 0 aliphatic heterocycles. The summed E-state index contributed by atoms with van der Waals surface area (Å²) in [4.78, 5) is 60.0. The molecule has 1 aromatic rings. The van der Waals surface area contributed by atoms with Crippen LogP contribution in [0, 0.1) is 0 Å². The zero-order valence-corrected chi connectivity index (χ0v) is 18.8. The van der Waals surface area contributed by atoms with Gasteiger partial charge in [-0.3, -0.25) is 19.2 Å². The number of aliphatic hydroxyl groups is 1. The van der Waals surface area contributed by atoms with E-state index in [9.17, 15) is 29.1 Å². The smallest absolute Gasteiger partial charge is 0.327 e. The Kier molecular flexibility index (Phi) is 11.3. The largest absolute Gasteiger partial charge is 0.480 e. The fraction of sp³-hybridized carbons (Fsp3) is 0.450. The number of hydrogen-bond donors (Lipinski definition) is 8. The van der Waals surface area contributed by atoms with Gasteiger partial charge in [-0.05, 0) is 18.9 Å². The first-order valence-electron chi connectivity index (χ1n) is 9.96. The quantitative estimate of drug-likeness (QED) is 0.138. The summed E-state index contributed by atoms with van der Waals surface area (Å²) in [7, 11) is 0. The van der Waals surface area contributed by atoms with Crippen molar-refractivity contribution in [2.75, 3.05) is 5.75 Å². The van der Waals surface area contributed by atoms with Gasteiger partial charge >= 0.3 is 5.97 Å². The Morgan fingerprint density at radius 1 is 0.970 bits per heavy atom. The molecule has 1 aromatic carbocycles. The lowest BCUT2D eigenvalue weighted by molar-refractivity contribution is -0.142. The number of carbonyl (C=O) groups is 5. The highest BCUT2D eigenvalue weighted by molar-refractivity contribution is 7.80. The lowest BCUT2D eigenvalue weighted by Crippen LogP contribution is -2.60. The Bertz CT molecular complexity index is 852. The monoisotopic (exact) mass is 483 g/mol. The maximum Gasteiger partial charge on any atom is 0.327 e. The lowest BCUT2D eigenvalue weighted by Gasteiger charge is -2.26. The van der Waals surface area contributed by atoms with Gasteiger partial charge in [0.1, 0.15) is 18.1 Å². The molecule has 0 unspecified atom stereocenters. The number of aliphatic carboxylic acids is 1. The molecular weight excluding hydrogens is 454 g/mol. The number of primary amides is 1. The van der Waals surface area contributed by atoms with Crippen LogP contribution in [0.1, 0.15) is 18.9 Å². The molecule has 4 amide bonds. The summed E-state index contributed by atoms with van der Waals surface area (Å²) >= 11 is 3.82. The van der Waals surface area contributed by atoms with Gasteiger partial charge in [0.2, 0.25) is 23.6 Å². The van der Waals surface area contributed by atoms with Crippen molar-refractivity contribution < 1.29 is 34.2 Å². The normalized spacial score (nSPS) is 15.3. The second kappa shape index (κ2) is 13.4. The number of carboxylic acids is 1. The number of nitrogens with one attached hydrogen (secondary N) is 3. The molecule has 0 saturated heterocycles. The van der Waals surface area contributed by atoms with Crippen LogP contribution in [0.3, 0.4) is 0 Å². The van der Waals surface area contributed by atoms with E-state index in [0.717, 1.165) is 5.56 Å². The van der Waals surface area contributed by atoms with Crippen molar-refractivity contribution >= 4 is 42.2 Å². The molecule has 0 aliphatic carbocycles. The maximum atomic E-state index is 12.7. The summed E-state index contributed by atoms with van der Waals surface area (Å²) in [5.74, 6) is -5.29. The molecule has 0 saturated carbocycles. The topological polar surface area (TPSA) is 214 Å². The average molecular weight is 484 g/mol. The Morgan fingerprint density at radius 3 is 2.03 bits per heavy atom. The van der Waals surface area contributed by atoms with Gasteiger partial charge in [0.05, 0.1) is 18.6 Å². The fourth-order valence-corrected chi connectivity index (χ4v) is 3.00. The van der Waals surface area contributed by atoms with Crippen LogP contribution >= 0.6 is 12.6 Å². The van der Waals surface area contributed by atoms with E-state index in [-0.39, 0.29) is 12.2 Å². The number of carboxylic acid groups (broad SMARTS) is 1. The van der Waals surface area contributed by atoms with Crippen molar-refractivity contribution in [2.24, 2.45) is 11.5 Å². The highest BCUT2D eigenvalue weighted by atomic mass is 32.1. The first kappa shape index (κ1) is 27.9. The Balaban J connectivity index is 2.89. The van der Waals surface area contributed by atoms with Crippen LogP contribution < -0.4 is 27.4 Å². The molecule has 182 valence electrons. The number of carbonyl (C=O) groups excluding carboxylic acids is 4. The first-order valence-corrected chi connectivity index (χ1v) is 10.6. The van der Waals surface area contributed by atoms with Gasteiger partial charge in [-0.2, -0.15) is 12.6 Å². The number of nitrogens with two attached hydrogens (primary N) is 2. The van der Waals surface area contributed by atoms with Crippen LogP contribution in [0.5, 0.6) is 0 Å². The molecular formula is C20H29N5O7S. The minimum atomic E-state index is -1.55. The minimum absolute atomic E-state index is 0.174. The van der Waals surface area contributed by atoms with Gasteiger partial charge in [-0.25, -0.2) is 4.79 Å². The average Bonchev–Trinajstić information content (AvgIpc) is 2.74. The van der Waals surface area contributed by atoms with E-state index in [1.165, 1.54) is 6.92 Å². The second-order valence-corrected chi connectivity index (χ2v) is 7.70. The highest BCUT2D eigenvalue weighted by Crippen LogP contribution is 2.04. The van der Waals surface area contributed by atoms with E-state index >= 15 is 0 Å². The summed E-state index contributed by atoms with van der Waals surface area (Å²) in [5.41, 5.74) is 11.8. The standard InChI is InChI=1S/C20H29N5O7S/c1-10(26)16(25-17(28)12(21)7-11-5-3-2-4-6-11)19(30)23-13(8-15(22)27)18(29)24-14(9-33)20(31)32/h2-6,10,12-14,16,26,33H,7-9,21H2,1H3,(H2,22,27)(H,23,30)(H,24,29)(H,25,28)(H,31,32)/t10-,12+,13+,14+,16+/m1/s1. The molecule has 5 atom stereocenters. The first-order chi connectivity index (χ1) is 15.5. The van der Waals surface area contributed by atoms with Crippen LogP contribution in [-0.4, -0.2) is 75.8 Å². The third-order valence-electron chi connectivity index (χ3n) is 4.53. The number of aliphatic hydroxyl groups excluding tert-OH is 1. The summed E-state index contributed by atoms with van der Waals surface area (Å²) in [6.07, 6.45) is -1.86. The molecule has 0 heterocycles. The van der Waals surface area contributed by atoms with Gasteiger partial charge in [-0.15, -0.1) is 0 Å². The summed E-state index contributed by atoms with van der Waals surface area (Å²) < 4.78 is 0. The third-order valence-corrected chi connectivity index (χ3v) is 4.90. The SMILES string of the molecule is C[C@@H](O)[C@H](NC(=O)[C@@H](N)Cc1ccccc1)C(=O)N[C@@H](CC(N)=O)C(=O)N[C@@H](CS)C(=O)O. The van der Waals surface area contributed by atoms with E-state index < -0.39 is 66.3 Å². The van der Waals surface area contributed by atoms with Crippen LogP contribution in [-0.2, 0) is 30.4 Å². The van der Waals surface area contributed by atoms with E-state index in [1.807, 2.05) is 0 Å². The van der Waals surface area contributed by atoms with Gasteiger partial charge < -0.3 is 37.6 Å². The van der Waals surface area contributed by atoms with Gasteiger partial charge in [0.25, 0.3) is 0 Å². The van der Waals surface area contributed by atoms with E-state index in [2.05, 4.69) is 28.6 Å². The number of benzene rings is 1. The number of rotatable bonds is 13. The van der Waals surface area contributed by atoms with Crippen molar-refractivity contribution in [2.45, 2.75) is 50.0 Å². The predicted molar refractivity (Wildman–Crippen MR) is 121 cm³/mol. The third kappa shape index (κ3) is 9.47. The summed E-state index contributed by atoms with van der Waals surface area (Å²) in [5, 5.41) is 25.7. The maximum absolute atomic E-state index is 12.7. The molecule has 33 heavy (non-hydrogen) atoms. The molecule has 13 heteroatoms. The van der Waals surface area contributed by atoms with Crippen molar-refractivity contribution in [3.63, 3.8) is 0 Å². The minimum Gasteiger partial charge on any atom is -0.480 e. The predicted octanol–water partition coefficient (Wildman–Crippen LogP) is -2.72. The Morgan fingerprint density at radius 2 is 1.55 bits per heavy atom. The Hall–Kier alpha value is -3.16. The highest BCUT2D eigenvalue weighted by Gasteiger charge is 2.33. The summed E-state index contributed by atoms with van der Waals surface area (Å²) in [6, 6.07) is 3.43. The number of thiol groups is 1. The van der Waals surface area contributed by atoms with E-state index in [4.69, 9.17) is 16.6 Å². The molecule has 12 nitrogen and oxygen atoms in total. The Labute approximate surface area is 195 Å². The molecule has 0 spiro atoms. The molecule has 1 rings (SSSR count). The molecule has 0 bridgehead atoms. The zero-order chi connectivity index (χ0) is 25.1. The molecule has 0 fully saturated rings. The van der Waals surface area contributed by atoms with Crippen molar-refractivity contribution in [1.29, 1.82) is 0 Å². The molecule has 0 aromatic heterocycles. The number of hydrogen-bond acceptors (Lipinski definition) is 8. The van der Waals surface area contributed by atoms with Gasteiger partial charge in [0.15, 0.2) is 0 Å². The van der Waals surface area contributed by atoms with E-state index in [0.29, 0.717) is 0 Å².